The molecule has 0 aliphatic rings. The van der Waals surface area contributed by atoms with Crippen molar-refractivity contribution in [3.63, 3.8) is 0 Å². The molecule has 66 valence electrons. The summed E-state index contributed by atoms with van der Waals surface area (Å²) in [5, 5.41) is 0.531. The van der Waals surface area contributed by atoms with Gasteiger partial charge in [-0.15, -0.1) is 0 Å². The van der Waals surface area contributed by atoms with Crippen molar-refractivity contribution >= 4 is 32.8 Å². The Morgan fingerprint density at radius 1 is 1.31 bits per heavy atom. The fourth-order valence-electron chi connectivity index (χ4n) is 1.15. The largest absolute Gasteiger partial charge is 0.441 e. The standard InChI is InChI=1S/C9H6BrNO2/c10-5-1-2-8-6(3-5)7(12)4-9(11)13-8/h1-4H,11H2. The number of anilines is 1. The Morgan fingerprint density at radius 2 is 2.08 bits per heavy atom. The van der Waals surface area contributed by atoms with Crippen LogP contribution in [0.1, 0.15) is 0 Å². The van der Waals surface area contributed by atoms with Gasteiger partial charge in [0.1, 0.15) is 5.58 Å². The van der Waals surface area contributed by atoms with Crippen molar-refractivity contribution < 1.29 is 4.42 Å². The van der Waals surface area contributed by atoms with Gasteiger partial charge in [0.15, 0.2) is 11.3 Å². The SMILES string of the molecule is Nc1cc(=O)c2cc(Br)ccc2o1. The van der Waals surface area contributed by atoms with Crippen molar-refractivity contribution in [2.45, 2.75) is 0 Å². The first-order valence-electron chi connectivity index (χ1n) is 3.66. The molecule has 2 aromatic rings. The lowest BCUT2D eigenvalue weighted by Gasteiger charge is -1.97. The highest BCUT2D eigenvalue weighted by molar-refractivity contribution is 9.10. The van der Waals surface area contributed by atoms with E-state index in [2.05, 4.69) is 15.9 Å². The Kier molecular flexibility index (Phi) is 1.84. The minimum Gasteiger partial charge on any atom is -0.441 e. The van der Waals surface area contributed by atoms with Crippen molar-refractivity contribution in [3.8, 4) is 0 Å². The summed E-state index contributed by atoms with van der Waals surface area (Å²) in [4.78, 5) is 11.4. The van der Waals surface area contributed by atoms with Gasteiger partial charge in [-0.3, -0.25) is 4.79 Å². The quantitative estimate of drug-likeness (QED) is 0.767. The van der Waals surface area contributed by atoms with E-state index in [4.69, 9.17) is 10.2 Å². The third-order valence-corrected chi connectivity index (χ3v) is 2.20. The highest BCUT2D eigenvalue weighted by Crippen LogP contribution is 2.18. The molecule has 0 unspecified atom stereocenters. The number of hydrogen-bond acceptors (Lipinski definition) is 3. The second kappa shape index (κ2) is 2.88. The van der Waals surface area contributed by atoms with Gasteiger partial charge in [-0.1, -0.05) is 15.9 Å². The van der Waals surface area contributed by atoms with Gasteiger partial charge >= 0.3 is 0 Å². The summed E-state index contributed by atoms with van der Waals surface area (Å²) in [6.07, 6.45) is 0. The number of halogens is 1. The van der Waals surface area contributed by atoms with Crippen LogP contribution in [-0.4, -0.2) is 0 Å². The summed E-state index contributed by atoms with van der Waals surface area (Å²) in [5.41, 5.74) is 5.77. The van der Waals surface area contributed by atoms with Crippen LogP contribution in [0.5, 0.6) is 0 Å². The molecule has 0 radical (unpaired) electrons. The third kappa shape index (κ3) is 1.45. The van der Waals surface area contributed by atoms with E-state index in [1.807, 2.05) is 0 Å². The molecule has 13 heavy (non-hydrogen) atoms. The zero-order valence-corrected chi connectivity index (χ0v) is 8.17. The van der Waals surface area contributed by atoms with E-state index >= 15 is 0 Å². The van der Waals surface area contributed by atoms with E-state index in [0.717, 1.165) is 4.47 Å². The molecule has 1 heterocycles. The smallest absolute Gasteiger partial charge is 0.194 e. The van der Waals surface area contributed by atoms with Gasteiger partial charge in [-0.05, 0) is 18.2 Å². The normalized spacial score (nSPS) is 10.5. The van der Waals surface area contributed by atoms with Gasteiger partial charge in [-0.25, -0.2) is 0 Å². The van der Waals surface area contributed by atoms with Crippen LogP contribution in [0, 0.1) is 0 Å². The lowest BCUT2D eigenvalue weighted by Crippen LogP contribution is -2.01. The highest BCUT2D eigenvalue weighted by atomic mass is 79.9. The molecule has 0 amide bonds. The van der Waals surface area contributed by atoms with Gasteiger partial charge < -0.3 is 10.2 Å². The number of hydrogen-bond donors (Lipinski definition) is 1. The average Bonchev–Trinajstić information content (AvgIpc) is 2.06. The van der Waals surface area contributed by atoms with Crippen LogP contribution in [0.15, 0.2) is 37.9 Å². The average molecular weight is 240 g/mol. The Balaban J connectivity index is 2.95. The molecular formula is C9H6BrNO2. The molecule has 0 spiro atoms. The molecule has 0 bridgehead atoms. The molecule has 0 aliphatic carbocycles. The second-order valence-corrected chi connectivity index (χ2v) is 3.57. The van der Waals surface area contributed by atoms with Gasteiger partial charge in [-0.2, -0.15) is 0 Å². The van der Waals surface area contributed by atoms with Crippen molar-refractivity contribution in [1.82, 2.24) is 0 Å². The van der Waals surface area contributed by atoms with Crippen LogP contribution in [0.2, 0.25) is 0 Å². The number of rotatable bonds is 0. The van der Waals surface area contributed by atoms with Crippen LogP contribution in [0.25, 0.3) is 11.0 Å². The monoisotopic (exact) mass is 239 g/mol. The molecule has 4 heteroatoms. The molecule has 1 aromatic heterocycles. The Hall–Kier alpha value is -1.29. The topological polar surface area (TPSA) is 56.2 Å². The Labute approximate surface area is 82.3 Å². The molecule has 0 atom stereocenters. The maximum absolute atomic E-state index is 11.4. The molecule has 3 nitrogen and oxygen atoms in total. The Morgan fingerprint density at radius 3 is 2.85 bits per heavy atom. The van der Waals surface area contributed by atoms with E-state index in [9.17, 15) is 4.79 Å². The van der Waals surface area contributed by atoms with E-state index < -0.39 is 0 Å². The zero-order valence-electron chi connectivity index (χ0n) is 6.58. The summed E-state index contributed by atoms with van der Waals surface area (Å²) < 4.78 is 6.00. The molecular weight excluding hydrogens is 234 g/mol. The van der Waals surface area contributed by atoms with Crippen LogP contribution < -0.4 is 11.2 Å². The van der Waals surface area contributed by atoms with E-state index in [-0.39, 0.29) is 11.3 Å². The first-order chi connectivity index (χ1) is 6.16. The summed E-state index contributed by atoms with van der Waals surface area (Å²) in [6, 6.07) is 6.48. The fourth-order valence-corrected chi connectivity index (χ4v) is 1.51. The summed E-state index contributed by atoms with van der Waals surface area (Å²) in [5.74, 6) is 0.139. The molecule has 0 saturated carbocycles. The van der Waals surface area contributed by atoms with E-state index in [0.29, 0.717) is 11.0 Å². The van der Waals surface area contributed by atoms with Crippen LogP contribution in [0.4, 0.5) is 5.88 Å². The van der Waals surface area contributed by atoms with Crippen molar-refractivity contribution in [1.29, 1.82) is 0 Å². The summed E-state index contributed by atoms with van der Waals surface area (Å²) in [7, 11) is 0. The van der Waals surface area contributed by atoms with Gasteiger partial charge in [0.2, 0.25) is 0 Å². The van der Waals surface area contributed by atoms with Gasteiger partial charge in [0, 0.05) is 10.5 Å². The van der Waals surface area contributed by atoms with Crippen LogP contribution in [-0.2, 0) is 0 Å². The van der Waals surface area contributed by atoms with Crippen LogP contribution in [0.3, 0.4) is 0 Å². The third-order valence-electron chi connectivity index (χ3n) is 1.71. The molecule has 0 aliphatic heterocycles. The minimum absolute atomic E-state index is 0.125. The minimum atomic E-state index is -0.125. The predicted octanol–water partition coefficient (Wildman–Crippen LogP) is 2.14. The van der Waals surface area contributed by atoms with Gasteiger partial charge in [0.25, 0.3) is 0 Å². The predicted molar refractivity (Wildman–Crippen MR) is 54.6 cm³/mol. The van der Waals surface area contributed by atoms with E-state index in [1.165, 1.54) is 6.07 Å². The van der Waals surface area contributed by atoms with Crippen molar-refractivity contribution in [2.24, 2.45) is 0 Å². The zero-order chi connectivity index (χ0) is 9.42. The van der Waals surface area contributed by atoms with Crippen LogP contribution >= 0.6 is 15.9 Å². The molecule has 1 aromatic carbocycles. The number of benzene rings is 1. The van der Waals surface area contributed by atoms with Crippen molar-refractivity contribution in [3.05, 3.63) is 39.0 Å². The summed E-state index contributed by atoms with van der Waals surface area (Å²) >= 11 is 3.27. The molecule has 2 N–H and O–H groups in total. The molecule has 0 saturated heterocycles. The first-order valence-corrected chi connectivity index (χ1v) is 4.45. The maximum Gasteiger partial charge on any atom is 0.194 e. The molecule has 0 fully saturated rings. The molecule has 2 rings (SSSR count). The summed E-state index contributed by atoms with van der Waals surface area (Å²) in [6.45, 7) is 0. The number of nitrogen functional groups attached to an aromatic ring is 1. The number of nitrogens with two attached hydrogens (primary N) is 1. The van der Waals surface area contributed by atoms with E-state index in [1.54, 1.807) is 18.2 Å². The Bertz CT molecular complexity index is 518. The second-order valence-electron chi connectivity index (χ2n) is 2.65. The highest BCUT2D eigenvalue weighted by Gasteiger charge is 2.02. The lowest BCUT2D eigenvalue weighted by atomic mass is 10.2. The maximum atomic E-state index is 11.4. The lowest BCUT2D eigenvalue weighted by molar-refractivity contribution is 0.625. The first kappa shape index (κ1) is 8.31. The van der Waals surface area contributed by atoms with Gasteiger partial charge in [0.05, 0.1) is 5.39 Å². The fraction of sp³-hybridized carbons (Fsp3) is 0. The van der Waals surface area contributed by atoms with Crippen molar-refractivity contribution in [2.75, 3.05) is 5.73 Å². The number of fused-ring (bicyclic) bond motifs is 1.